The molecule has 1 heterocycles. The van der Waals surface area contributed by atoms with Crippen molar-refractivity contribution in [2.75, 3.05) is 10.3 Å². The number of ketones is 1. The lowest BCUT2D eigenvalue weighted by Crippen LogP contribution is -2.20. The van der Waals surface area contributed by atoms with Crippen molar-refractivity contribution in [1.29, 1.82) is 0 Å². The summed E-state index contributed by atoms with van der Waals surface area (Å²) >= 11 is 0. The zero-order valence-corrected chi connectivity index (χ0v) is 20.6. The minimum atomic E-state index is -4.78. The van der Waals surface area contributed by atoms with Crippen molar-refractivity contribution in [2.24, 2.45) is 5.10 Å². The first-order chi connectivity index (χ1) is 16.6. The lowest BCUT2D eigenvalue weighted by atomic mass is 10.1. The Morgan fingerprint density at radius 2 is 1.56 bits per heavy atom. The van der Waals surface area contributed by atoms with E-state index in [2.05, 4.69) is 10.4 Å². The molecule has 0 bridgehead atoms. The van der Waals surface area contributed by atoms with Crippen LogP contribution in [-0.2, 0) is 34.6 Å². The van der Waals surface area contributed by atoms with Crippen LogP contribution in [0.2, 0.25) is 0 Å². The fraction of sp³-hybridized carbons (Fsp3) is 0.182. The third-order valence-corrected chi connectivity index (χ3v) is 6.68. The smallest absolute Gasteiger partial charge is 0.295 e. The van der Waals surface area contributed by atoms with Gasteiger partial charge in [-0.3, -0.25) is 23.5 Å². The highest BCUT2D eigenvalue weighted by molar-refractivity contribution is 7.86. The van der Waals surface area contributed by atoms with Crippen LogP contribution in [0.4, 0.5) is 11.4 Å². The molecule has 0 saturated carbocycles. The number of benzene rings is 2. The van der Waals surface area contributed by atoms with Crippen LogP contribution < -0.4 is 10.3 Å². The Balaban J connectivity index is 2.01. The van der Waals surface area contributed by atoms with Gasteiger partial charge in [-0.2, -0.15) is 21.9 Å². The molecule has 1 aliphatic heterocycles. The molecule has 0 spiro atoms. The number of hydrogen-bond acceptors (Lipinski definition) is 8. The van der Waals surface area contributed by atoms with Crippen LogP contribution in [0.15, 0.2) is 51.3 Å². The summed E-state index contributed by atoms with van der Waals surface area (Å²) in [5.74, 6) is -1.47. The van der Waals surface area contributed by atoms with Crippen LogP contribution in [0.1, 0.15) is 37.8 Å². The number of Topliss-reactive ketones (excluding diaryl/α,β-unsaturated/α-hetero) is 1. The highest BCUT2D eigenvalue weighted by Gasteiger charge is 2.25. The number of amides is 2. The average Bonchev–Trinajstić information content (AvgIpc) is 3.08. The molecular formula is C22H21N3O9S2. The van der Waals surface area contributed by atoms with Crippen LogP contribution in [0, 0.1) is 0 Å². The number of carbonyl (C=O) groups excluding carboxylic acids is 3. The standard InChI is InChI=1S/C22H21N3O9S2/c1-13-9-22(28)25(24-13)18-8-6-16(20(12-18)36(32,33)34)4-3-15-5-7-17(11-19(15)35(29,30)31)23-21(27)10-14(2)26/h3-8,11-12H,9-10H2,1-2H3,(H,23,27)(H,29,30,31)(H,32,33,34). The van der Waals surface area contributed by atoms with Gasteiger partial charge in [0.25, 0.3) is 26.1 Å². The maximum Gasteiger partial charge on any atom is 0.295 e. The number of hydrogen-bond donors (Lipinski definition) is 3. The van der Waals surface area contributed by atoms with E-state index in [4.69, 9.17) is 0 Å². The van der Waals surface area contributed by atoms with Crippen molar-refractivity contribution in [3.05, 3.63) is 47.5 Å². The number of hydrazone groups is 1. The fourth-order valence-corrected chi connectivity index (χ4v) is 4.77. The molecule has 2 amide bonds. The zero-order valence-electron chi connectivity index (χ0n) is 19.0. The number of nitrogens with one attached hydrogen (secondary N) is 1. The summed E-state index contributed by atoms with van der Waals surface area (Å²) in [5, 5.41) is 7.38. The summed E-state index contributed by atoms with van der Waals surface area (Å²) in [6, 6.07) is 7.26. The highest BCUT2D eigenvalue weighted by atomic mass is 32.2. The fourth-order valence-electron chi connectivity index (χ4n) is 3.36. The summed E-state index contributed by atoms with van der Waals surface area (Å²) in [6.45, 7) is 2.84. The van der Waals surface area contributed by atoms with Gasteiger partial charge in [-0.15, -0.1) is 0 Å². The van der Waals surface area contributed by atoms with E-state index in [0.29, 0.717) is 5.71 Å². The maximum atomic E-state index is 12.1. The molecule has 0 atom stereocenters. The molecule has 2 aromatic rings. The largest absolute Gasteiger partial charge is 0.326 e. The molecule has 190 valence electrons. The maximum absolute atomic E-state index is 12.1. The topological polar surface area (TPSA) is 188 Å². The Morgan fingerprint density at radius 1 is 1.00 bits per heavy atom. The second-order valence-electron chi connectivity index (χ2n) is 7.90. The zero-order chi connectivity index (χ0) is 26.8. The van der Waals surface area contributed by atoms with Crippen LogP contribution in [0.25, 0.3) is 12.2 Å². The second-order valence-corrected chi connectivity index (χ2v) is 10.7. The van der Waals surface area contributed by atoms with E-state index in [9.17, 15) is 40.3 Å². The molecule has 0 aromatic heterocycles. The van der Waals surface area contributed by atoms with E-state index in [0.717, 1.165) is 17.1 Å². The molecular weight excluding hydrogens is 514 g/mol. The van der Waals surface area contributed by atoms with Crippen LogP contribution in [0.5, 0.6) is 0 Å². The van der Waals surface area contributed by atoms with Crippen molar-refractivity contribution in [3.63, 3.8) is 0 Å². The van der Waals surface area contributed by atoms with Crippen molar-refractivity contribution in [2.45, 2.75) is 36.5 Å². The van der Waals surface area contributed by atoms with Gasteiger partial charge in [0.05, 0.1) is 18.5 Å². The molecule has 2 aromatic carbocycles. The van der Waals surface area contributed by atoms with Crippen molar-refractivity contribution in [1.82, 2.24) is 0 Å². The first-order valence-corrected chi connectivity index (χ1v) is 13.1. The number of rotatable bonds is 8. The number of nitrogens with zero attached hydrogens (tertiary/aromatic N) is 2. The first-order valence-electron chi connectivity index (χ1n) is 10.2. The lowest BCUT2D eigenvalue weighted by Gasteiger charge is -2.14. The normalized spacial score (nSPS) is 14.3. The number of carbonyl (C=O) groups is 3. The van der Waals surface area contributed by atoms with E-state index in [1.807, 2.05) is 0 Å². The van der Waals surface area contributed by atoms with E-state index in [-0.39, 0.29) is 34.8 Å². The summed E-state index contributed by atoms with van der Waals surface area (Å²) in [4.78, 5) is 33.8. The Kier molecular flexibility index (Phi) is 7.54. The van der Waals surface area contributed by atoms with Crippen molar-refractivity contribution >= 4 is 67.1 Å². The summed E-state index contributed by atoms with van der Waals surface area (Å²) < 4.78 is 67.2. The van der Waals surface area contributed by atoms with Crippen LogP contribution in [-0.4, -0.2) is 49.3 Å². The molecule has 14 heteroatoms. The summed E-state index contributed by atoms with van der Waals surface area (Å²) in [5.41, 5.74) is 0.512. The van der Waals surface area contributed by atoms with Crippen molar-refractivity contribution < 1.29 is 40.3 Å². The highest BCUT2D eigenvalue weighted by Crippen LogP contribution is 2.29. The summed E-state index contributed by atoms with van der Waals surface area (Å²) in [6.07, 6.45) is 2.00. The van der Waals surface area contributed by atoms with Gasteiger partial charge >= 0.3 is 0 Å². The average molecular weight is 536 g/mol. The molecule has 0 fully saturated rings. The molecule has 0 saturated heterocycles. The molecule has 0 unspecified atom stereocenters. The quantitative estimate of drug-likeness (QED) is 0.259. The van der Waals surface area contributed by atoms with Gasteiger partial charge in [-0.1, -0.05) is 24.3 Å². The minimum absolute atomic E-state index is 0.000122. The van der Waals surface area contributed by atoms with Crippen molar-refractivity contribution in [3.8, 4) is 0 Å². The molecule has 3 N–H and O–H groups in total. The van der Waals surface area contributed by atoms with E-state index in [1.54, 1.807) is 6.92 Å². The first kappa shape index (κ1) is 26.9. The SMILES string of the molecule is CC(=O)CC(=O)Nc1ccc(C=Cc2ccc(N3N=C(C)CC3=O)cc2S(=O)(=O)O)c(S(=O)(=O)O)c1. The molecule has 1 aliphatic rings. The Morgan fingerprint density at radius 3 is 2.06 bits per heavy atom. The van der Waals surface area contributed by atoms with Gasteiger partial charge in [0.1, 0.15) is 15.6 Å². The molecule has 0 radical (unpaired) electrons. The van der Waals surface area contributed by atoms with Gasteiger partial charge in [-0.25, -0.2) is 5.01 Å². The monoisotopic (exact) mass is 535 g/mol. The molecule has 12 nitrogen and oxygen atoms in total. The Labute approximate surface area is 206 Å². The van der Waals surface area contributed by atoms with Gasteiger partial charge in [0.2, 0.25) is 5.91 Å². The van der Waals surface area contributed by atoms with E-state index >= 15 is 0 Å². The van der Waals surface area contributed by atoms with Gasteiger partial charge in [0, 0.05) is 11.4 Å². The molecule has 3 rings (SSSR count). The summed E-state index contributed by atoms with van der Waals surface area (Å²) in [7, 11) is -9.55. The second kappa shape index (κ2) is 10.1. The van der Waals surface area contributed by atoms with E-state index < -0.39 is 48.1 Å². The third kappa shape index (κ3) is 6.48. The third-order valence-electron chi connectivity index (χ3n) is 4.86. The van der Waals surface area contributed by atoms with Gasteiger partial charge in [0.15, 0.2) is 0 Å². The Hall–Kier alpha value is -3.72. The lowest BCUT2D eigenvalue weighted by molar-refractivity contribution is -0.124. The predicted octanol–water partition coefficient (Wildman–Crippen LogP) is 2.38. The van der Waals surface area contributed by atoms with E-state index in [1.165, 1.54) is 43.3 Å². The van der Waals surface area contributed by atoms with Crippen LogP contribution in [0.3, 0.4) is 0 Å². The number of anilines is 2. The molecule has 0 aliphatic carbocycles. The predicted molar refractivity (Wildman–Crippen MR) is 131 cm³/mol. The Bertz CT molecular complexity index is 1540. The van der Waals surface area contributed by atoms with Gasteiger partial charge < -0.3 is 5.32 Å². The molecule has 36 heavy (non-hydrogen) atoms. The van der Waals surface area contributed by atoms with Gasteiger partial charge in [-0.05, 0) is 49.2 Å². The minimum Gasteiger partial charge on any atom is -0.326 e. The van der Waals surface area contributed by atoms with Crippen LogP contribution >= 0.6 is 0 Å².